The largest absolute Gasteiger partial charge is 0.492 e. The van der Waals surface area contributed by atoms with E-state index in [4.69, 9.17) is 4.74 Å². The Kier molecular flexibility index (Phi) is 3.91. The second-order valence-corrected chi connectivity index (χ2v) is 3.58. The third kappa shape index (κ3) is 3.45. The van der Waals surface area contributed by atoms with Crippen LogP contribution in [0, 0.1) is 6.92 Å². The van der Waals surface area contributed by atoms with Gasteiger partial charge in [0.1, 0.15) is 18.2 Å². The van der Waals surface area contributed by atoms with E-state index in [-0.39, 0.29) is 0 Å². The SMILES string of the molecule is Cc1nccnc1NCCOc1ccccc1. The Hall–Kier alpha value is -2.10. The number of hydrogen-bond acceptors (Lipinski definition) is 4. The first kappa shape index (κ1) is 11.4. The van der Waals surface area contributed by atoms with Gasteiger partial charge in [0.2, 0.25) is 0 Å². The highest BCUT2D eigenvalue weighted by Gasteiger charge is 1.98. The van der Waals surface area contributed by atoms with E-state index in [1.54, 1.807) is 12.4 Å². The first-order valence-electron chi connectivity index (χ1n) is 5.55. The molecule has 4 heteroatoms. The van der Waals surface area contributed by atoms with Crippen LogP contribution in [-0.2, 0) is 0 Å². The molecule has 0 atom stereocenters. The van der Waals surface area contributed by atoms with Crippen LogP contribution in [0.4, 0.5) is 5.82 Å². The standard InChI is InChI=1S/C13H15N3O/c1-11-13(15-8-7-14-11)16-9-10-17-12-5-3-2-4-6-12/h2-8H,9-10H2,1H3,(H,15,16). The molecule has 1 aromatic heterocycles. The number of para-hydroxylation sites is 1. The van der Waals surface area contributed by atoms with Gasteiger partial charge >= 0.3 is 0 Å². The highest BCUT2D eigenvalue weighted by molar-refractivity contribution is 5.38. The van der Waals surface area contributed by atoms with Crippen LogP contribution < -0.4 is 10.1 Å². The first-order chi connectivity index (χ1) is 8.36. The summed E-state index contributed by atoms with van der Waals surface area (Å²) in [4.78, 5) is 8.34. The van der Waals surface area contributed by atoms with Crippen molar-refractivity contribution in [3.63, 3.8) is 0 Å². The van der Waals surface area contributed by atoms with Crippen molar-refractivity contribution < 1.29 is 4.74 Å². The molecule has 88 valence electrons. The lowest BCUT2D eigenvalue weighted by Gasteiger charge is -2.08. The Balaban J connectivity index is 1.76. The monoisotopic (exact) mass is 229 g/mol. The molecule has 1 heterocycles. The maximum atomic E-state index is 5.56. The molecule has 0 saturated carbocycles. The first-order valence-corrected chi connectivity index (χ1v) is 5.55. The van der Waals surface area contributed by atoms with Gasteiger partial charge in [-0.05, 0) is 19.1 Å². The van der Waals surface area contributed by atoms with Gasteiger partial charge in [0, 0.05) is 12.4 Å². The zero-order valence-electron chi connectivity index (χ0n) is 9.76. The zero-order chi connectivity index (χ0) is 11.9. The topological polar surface area (TPSA) is 47.0 Å². The van der Waals surface area contributed by atoms with E-state index in [0.29, 0.717) is 13.2 Å². The van der Waals surface area contributed by atoms with Gasteiger partial charge in [0.15, 0.2) is 0 Å². The molecule has 1 aromatic carbocycles. The molecule has 2 rings (SSSR count). The maximum absolute atomic E-state index is 5.56. The fourth-order valence-corrected chi connectivity index (χ4v) is 1.44. The van der Waals surface area contributed by atoms with Crippen LogP contribution in [0.5, 0.6) is 5.75 Å². The van der Waals surface area contributed by atoms with Crippen LogP contribution in [0.15, 0.2) is 42.7 Å². The van der Waals surface area contributed by atoms with Gasteiger partial charge in [-0.1, -0.05) is 18.2 Å². The summed E-state index contributed by atoms with van der Waals surface area (Å²) < 4.78 is 5.56. The minimum atomic E-state index is 0.597. The number of rotatable bonds is 5. The van der Waals surface area contributed by atoms with Crippen LogP contribution in [0.25, 0.3) is 0 Å². The summed E-state index contributed by atoms with van der Waals surface area (Å²) >= 11 is 0. The molecular weight excluding hydrogens is 214 g/mol. The van der Waals surface area contributed by atoms with E-state index in [0.717, 1.165) is 17.3 Å². The van der Waals surface area contributed by atoms with E-state index < -0.39 is 0 Å². The number of benzene rings is 1. The van der Waals surface area contributed by atoms with Crippen molar-refractivity contribution in [1.29, 1.82) is 0 Å². The lowest BCUT2D eigenvalue weighted by Crippen LogP contribution is -2.13. The molecule has 0 aliphatic rings. The molecule has 0 spiro atoms. The number of nitrogens with one attached hydrogen (secondary N) is 1. The Morgan fingerprint density at radius 3 is 2.65 bits per heavy atom. The fourth-order valence-electron chi connectivity index (χ4n) is 1.44. The molecule has 0 saturated heterocycles. The summed E-state index contributed by atoms with van der Waals surface area (Å²) in [6.07, 6.45) is 3.36. The van der Waals surface area contributed by atoms with Crippen molar-refractivity contribution >= 4 is 5.82 Å². The van der Waals surface area contributed by atoms with E-state index in [1.165, 1.54) is 0 Å². The Bertz CT molecular complexity index is 459. The quantitative estimate of drug-likeness (QED) is 0.799. The second kappa shape index (κ2) is 5.84. The number of aromatic nitrogens is 2. The molecule has 0 bridgehead atoms. The van der Waals surface area contributed by atoms with E-state index >= 15 is 0 Å². The van der Waals surface area contributed by atoms with E-state index in [2.05, 4.69) is 15.3 Å². The van der Waals surface area contributed by atoms with Crippen molar-refractivity contribution in [2.75, 3.05) is 18.5 Å². The summed E-state index contributed by atoms with van der Waals surface area (Å²) in [6.45, 7) is 3.22. The minimum absolute atomic E-state index is 0.597. The third-order valence-corrected chi connectivity index (χ3v) is 2.29. The number of ether oxygens (including phenoxy) is 1. The predicted octanol–water partition coefficient (Wildman–Crippen LogP) is 2.28. The Morgan fingerprint density at radius 2 is 1.88 bits per heavy atom. The van der Waals surface area contributed by atoms with Crippen LogP contribution in [0.2, 0.25) is 0 Å². The van der Waals surface area contributed by atoms with Crippen molar-refractivity contribution in [1.82, 2.24) is 9.97 Å². The third-order valence-electron chi connectivity index (χ3n) is 2.29. The van der Waals surface area contributed by atoms with Crippen LogP contribution >= 0.6 is 0 Å². The molecular formula is C13H15N3O. The fraction of sp³-hybridized carbons (Fsp3) is 0.231. The normalized spacial score (nSPS) is 9.94. The molecule has 0 fully saturated rings. The van der Waals surface area contributed by atoms with Gasteiger partial charge in [-0.3, -0.25) is 4.98 Å². The van der Waals surface area contributed by atoms with Crippen molar-refractivity contribution in [3.05, 3.63) is 48.4 Å². The molecule has 0 aliphatic heterocycles. The highest BCUT2D eigenvalue weighted by Crippen LogP contribution is 2.08. The lowest BCUT2D eigenvalue weighted by molar-refractivity contribution is 0.332. The molecule has 4 nitrogen and oxygen atoms in total. The summed E-state index contributed by atoms with van der Waals surface area (Å²) in [6, 6.07) is 9.75. The van der Waals surface area contributed by atoms with Crippen molar-refractivity contribution in [3.8, 4) is 5.75 Å². The summed E-state index contributed by atoms with van der Waals surface area (Å²) in [5.41, 5.74) is 0.896. The van der Waals surface area contributed by atoms with Gasteiger partial charge in [0.25, 0.3) is 0 Å². The Morgan fingerprint density at radius 1 is 1.12 bits per heavy atom. The van der Waals surface area contributed by atoms with Crippen molar-refractivity contribution in [2.45, 2.75) is 6.92 Å². The number of nitrogens with zero attached hydrogens (tertiary/aromatic N) is 2. The maximum Gasteiger partial charge on any atom is 0.147 e. The summed E-state index contributed by atoms with van der Waals surface area (Å²) in [7, 11) is 0. The van der Waals surface area contributed by atoms with Gasteiger partial charge in [0.05, 0.1) is 12.2 Å². The second-order valence-electron chi connectivity index (χ2n) is 3.58. The number of hydrogen-bond donors (Lipinski definition) is 1. The van der Waals surface area contributed by atoms with E-state index in [1.807, 2.05) is 37.3 Å². The van der Waals surface area contributed by atoms with Crippen molar-refractivity contribution in [2.24, 2.45) is 0 Å². The van der Waals surface area contributed by atoms with Gasteiger partial charge in [-0.25, -0.2) is 4.98 Å². The zero-order valence-corrected chi connectivity index (χ0v) is 9.76. The molecule has 0 amide bonds. The minimum Gasteiger partial charge on any atom is -0.492 e. The lowest BCUT2D eigenvalue weighted by atomic mass is 10.3. The predicted molar refractivity (Wildman–Crippen MR) is 67.2 cm³/mol. The molecule has 2 aromatic rings. The van der Waals surface area contributed by atoms with Gasteiger partial charge < -0.3 is 10.1 Å². The molecule has 0 unspecified atom stereocenters. The molecule has 1 N–H and O–H groups in total. The molecule has 17 heavy (non-hydrogen) atoms. The van der Waals surface area contributed by atoms with Crippen LogP contribution in [-0.4, -0.2) is 23.1 Å². The average Bonchev–Trinajstić information content (AvgIpc) is 2.38. The average molecular weight is 229 g/mol. The number of anilines is 1. The van der Waals surface area contributed by atoms with Crippen LogP contribution in [0.3, 0.4) is 0 Å². The van der Waals surface area contributed by atoms with Crippen LogP contribution in [0.1, 0.15) is 5.69 Å². The molecule has 0 aliphatic carbocycles. The Labute approximate surface area is 101 Å². The summed E-state index contributed by atoms with van der Waals surface area (Å²) in [5, 5.41) is 3.18. The van der Waals surface area contributed by atoms with Gasteiger partial charge in [-0.2, -0.15) is 0 Å². The smallest absolute Gasteiger partial charge is 0.147 e. The summed E-state index contributed by atoms with van der Waals surface area (Å²) in [5.74, 6) is 1.69. The van der Waals surface area contributed by atoms with Gasteiger partial charge in [-0.15, -0.1) is 0 Å². The molecule has 0 radical (unpaired) electrons. The van der Waals surface area contributed by atoms with E-state index in [9.17, 15) is 0 Å². The highest BCUT2D eigenvalue weighted by atomic mass is 16.5. The number of aryl methyl sites for hydroxylation is 1.